The molecule has 1 atom stereocenters. The van der Waals surface area contributed by atoms with Gasteiger partial charge in [-0.1, -0.05) is 6.07 Å². The van der Waals surface area contributed by atoms with Gasteiger partial charge in [0.15, 0.2) is 4.96 Å². The Bertz CT molecular complexity index is 632. The van der Waals surface area contributed by atoms with Crippen molar-refractivity contribution in [3.05, 3.63) is 53.6 Å². The van der Waals surface area contributed by atoms with Crippen molar-refractivity contribution < 1.29 is 0 Å². The molecule has 0 spiro atoms. The van der Waals surface area contributed by atoms with Crippen LogP contribution in [-0.2, 0) is 12.8 Å². The van der Waals surface area contributed by atoms with Crippen LogP contribution in [0, 0.1) is 0 Å². The largest absolute Gasteiger partial charge is 0.297 e. The van der Waals surface area contributed by atoms with Crippen LogP contribution in [0.2, 0.25) is 0 Å². The fourth-order valence-electron chi connectivity index (χ4n) is 2.26. The highest BCUT2D eigenvalue weighted by atomic mass is 32.1. The van der Waals surface area contributed by atoms with Gasteiger partial charge in [0.1, 0.15) is 0 Å². The fraction of sp³-hybridized carbons (Fsp3) is 0.286. The zero-order chi connectivity index (χ0) is 13.8. The molecule has 0 bridgehead atoms. The van der Waals surface area contributed by atoms with E-state index in [0.29, 0.717) is 0 Å². The molecule has 0 aromatic carbocycles. The summed E-state index contributed by atoms with van der Waals surface area (Å²) in [6.45, 7) is 0. The molecule has 0 saturated heterocycles. The summed E-state index contributed by atoms with van der Waals surface area (Å²) in [5.74, 6) is 5.66. The lowest BCUT2D eigenvalue weighted by molar-refractivity contribution is 0.488. The van der Waals surface area contributed by atoms with E-state index >= 15 is 0 Å². The van der Waals surface area contributed by atoms with E-state index < -0.39 is 0 Å². The number of hydrogen-bond acceptors (Lipinski definition) is 5. The summed E-state index contributed by atoms with van der Waals surface area (Å²) in [5.41, 5.74) is 5.20. The van der Waals surface area contributed by atoms with Crippen LogP contribution < -0.4 is 11.3 Å². The molecule has 5 nitrogen and oxygen atoms in total. The lowest BCUT2D eigenvalue weighted by Crippen LogP contribution is -2.37. The number of pyridine rings is 1. The summed E-state index contributed by atoms with van der Waals surface area (Å²) >= 11 is 1.64. The predicted molar refractivity (Wildman–Crippen MR) is 80.4 cm³/mol. The van der Waals surface area contributed by atoms with Gasteiger partial charge < -0.3 is 0 Å². The van der Waals surface area contributed by atoms with Crippen molar-refractivity contribution in [3.8, 4) is 0 Å². The number of nitrogens with one attached hydrogen (secondary N) is 1. The minimum absolute atomic E-state index is 0.222. The first-order chi connectivity index (χ1) is 9.85. The van der Waals surface area contributed by atoms with Crippen molar-refractivity contribution >= 4 is 16.3 Å². The Balaban J connectivity index is 1.60. The van der Waals surface area contributed by atoms with E-state index in [2.05, 4.69) is 32.1 Å². The number of thiazole rings is 1. The van der Waals surface area contributed by atoms with Gasteiger partial charge >= 0.3 is 0 Å². The van der Waals surface area contributed by atoms with E-state index in [1.807, 2.05) is 23.8 Å². The molecule has 0 aliphatic carbocycles. The number of rotatable bonds is 6. The highest BCUT2D eigenvalue weighted by Crippen LogP contribution is 2.14. The number of aryl methyl sites for hydroxylation is 1. The van der Waals surface area contributed by atoms with Crippen LogP contribution in [0.25, 0.3) is 4.96 Å². The maximum absolute atomic E-state index is 5.66. The minimum Gasteiger partial charge on any atom is -0.297 e. The molecule has 1 unspecified atom stereocenters. The first-order valence-electron chi connectivity index (χ1n) is 6.61. The predicted octanol–water partition coefficient (Wildman–Crippen LogP) is 1.80. The Hall–Kier alpha value is -1.76. The van der Waals surface area contributed by atoms with Crippen LogP contribution in [0.3, 0.4) is 0 Å². The van der Waals surface area contributed by atoms with E-state index in [4.69, 9.17) is 5.84 Å². The Kier molecular flexibility index (Phi) is 4.05. The second-order valence-electron chi connectivity index (χ2n) is 4.79. The fourth-order valence-corrected chi connectivity index (χ4v) is 2.98. The molecule has 0 aliphatic heterocycles. The third-order valence-corrected chi connectivity index (χ3v) is 4.11. The average molecular weight is 287 g/mol. The SMILES string of the molecule is NNC(CCc1cccnc1)Cc1cn2ccsc2n1. The first kappa shape index (κ1) is 13.2. The summed E-state index contributed by atoms with van der Waals surface area (Å²) in [6, 6.07) is 4.27. The van der Waals surface area contributed by atoms with Crippen molar-refractivity contribution in [2.45, 2.75) is 25.3 Å². The number of hydrazine groups is 1. The maximum Gasteiger partial charge on any atom is 0.193 e. The highest BCUT2D eigenvalue weighted by molar-refractivity contribution is 7.15. The van der Waals surface area contributed by atoms with Crippen LogP contribution in [0.5, 0.6) is 0 Å². The molecular weight excluding hydrogens is 270 g/mol. The van der Waals surface area contributed by atoms with Gasteiger partial charge in [0.2, 0.25) is 0 Å². The van der Waals surface area contributed by atoms with Gasteiger partial charge in [0, 0.05) is 42.6 Å². The first-order valence-corrected chi connectivity index (χ1v) is 7.49. The maximum atomic E-state index is 5.66. The van der Waals surface area contributed by atoms with E-state index in [1.165, 1.54) is 5.56 Å². The normalized spacial score (nSPS) is 12.8. The molecule has 0 aliphatic rings. The molecule has 6 heteroatoms. The third kappa shape index (κ3) is 3.04. The lowest BCUT2D eigenvalue weighted by atomic mass is 10.0. The lowest BCUT2D eigenvalue weighted by Gasteiger charge is -2.14. The standard InChI is InChI=1S/C14H17N5S/c15-18-12(4-3-11-2-1-5-16-9-11)8-13-10-19-6-7-20-14(19)17-13/h1-2,5-7,9-10,12,18H,3-4,8,15H2. The minimum atomic E-state index is 0.222. The van der Waals surface area contributed by atoms with Gasteiger partial charge in [-0.05, 0) is 24.5 Å². The molecule has 0 radical (unpaired) electrons. The smallest absolute Gasteiger partial charge is 0.193 e. The van der Waals surface area contributed by atoms with Crippen LogP contribution in [0.4, 0.5) is 0 Å². The van der Waals surface area contributed by atoms with Crippen molar-refractivity contribution in [2.75, 3.05) is 0 Å². The van der Waals surface area contributed by atoms with E-state index in [9.17, 15) is 0 Å². The number of nitrogens with two attached hydrogens (primary N) is 1. The van der Waals surface area contributed by atoms with E-state index in [-0.39, 0.29) is 6.04 Å². The quantitative estimate of drug-likeness (QED) is 0.536. The van der Waals surface area contributed by atoms with Crippen molar-refractivity contribution in [2.24, 2.45) is 5.84 Å². The van der Waals surface area contributed by atoms with Crippen molar-refractivity contribution in [1.82, 2.24) is 19.8 Å². The zero-order valence-electron chi connectivity index (χ0n) is 11.1. The number of aromatic nitrogens is 3. The average Bonchev–Trinajstić information content (AvgIpc) is 3.05. The Morgan fingerprint density at radius 2 is 2.40 bits per heavy atom. The number of hydrogen-bond donors (Lipinski definition) is 2. The summed E-state index contributed by atoms with van der Waals surface area (Å²) in [4.78, 5) is 9.75. The molecule has 3 aromatic rings. The monoisotopic (exact) mass is 287 g/mol. The van der Waals surface area contributed by atoms with Crippen molar-refractivity contribution in [1.29, 1.82) is 0 Å². The summed E-state index contributed by atoms with van der Waals surface area (Å²) in [5, 5.41) is 2.03. The van der Waals surface area contributed by atoms with E-state index in [0.717, 1.165) is 29.9 Å². The molecule has 0 fully saturated rings. The van der Waals surface area contributed by atoms with Crippen LogP contribution in [-0.4, -0.2) is 20.4 Å². The van der Waals surface area contributed by atoms with Crippen LogP contribution in [0.1, 0.15) is 17.7 Å². The molecule has 0 saturated carbocycles. The van der Waals surface area contributed by atoms with Gasteiger partial charge in [-0.2, -0.15) is 0 Å². The van der Waals surface area contributed by atoms with Crippen LogP contribution in [0.15, 0.2) is 42.3 Å². The number of fused-ring (bicyclic) bond motifs is 1. The van der Waals surface area contributed by atoms with E-state index in [1.54, 1.807) is 17.5 Å². The second kappa shape index (κ2) is 6.13. The molecule has 0 amide bonds. The Morgan fingerprint density at radius 3 is 3.15 bits per heavy atom. The Morgan fingerprint density at radius 1 is 1.45 bits per heavy atom. The molecule has 3 rings (SSSR count). The van der Waals surface area contributed by atoms with Gasteiger partial charge in [-0.25, -0.2) is 4.98 Å². The molecule has 3 heterocycles. The van der Waals surface area contributed by atoms with Crippen molar-refractivity contribution in [3.63, 3.8) is 0 Å². The Labute approximate surface area is 121 Å². The topological polar surface area (TPSA) is 68.2 Å². The molecule has 3 N–H and O–H groups in total. The molecule has 104 valence electrons. The summed E-state index contributed by atoms with van der Waals surface area (Å²) < 4.78 is 2.05. The molecule has 20 heavy (non-hydrogen) atoms. The molecular formula is C14H17N5S. The van der Waals surface area contributed by atoms with Gasteiger partial charge in [-0.3, -0.25) is 20.7 Å². The highest BCUT2D eigenvalue weighted by Gasteiger charge is 2.11. The molecule has 3 aromatic heterocycles. The summed E-state index contributed by atoms with van der Waals surface area (Å²) in [7, 11) is 0. The third-order valence-electron chi connectivity index (χ3n) is 3.34. The zero-order valence-corrected chi connectivity index (χ0v) is 11.9. The van der Waals surface area contributed by atoms with Crippen LogP contribution >= 0.6 is 11.3 Å². The number of nitrogens with zero attached hydrogens (tertiary/aromatic N) is 3. The van der Waals surface area contributed by atoms with Gasteiger partial charge in [0.05, 0.1) is 5.69 Å². The second-order valence-corrected chi connectivity index (χ2v) is 5.67. The summed E-state index contributed by atoms with van der Waals surface area (Å²) in [6.07, 6.45) is 10.6. The number of imidazole rings is 1. The van der Waals surface area contributed by atoms with Gasteiger partial charge in [0.25, 0.3) is 0 Å². The van der Waals surface area contributed by atoms with Gasteiger partial charge in [-0.15, -0.1) is 11.3 Å².